The van der Waals surface area contributed by atoms with Gasteiger partial charge >= 0.3 is 6.09 Å². The highest BCUT2D eigenvalue weighted by Crippen LogP contribution is 2.21. The van der Waals surface area contributed by atoms with Crippen LogP contribution in [0.1, 0.15) is 45.6 Å². The van der Waals surface area contributed by atoms with Crippen molar-refractivity contribution in [2.75, 3.05) is 26.2 Å². The van der Waals surface area contributed by atoms with Gasteiger partial charge in [0.05, 0.1) is 0 Å². The summed E-state index contributed by atoms with van der Waals surface area (Å²) in [6, 6.07) is 10.2. The van der Waals surface area contributed by atoms with Gasteiger partial charge in [-0.05, 0) is 52.2 Å². The third-order valence-corrected chi connectivity index (χ3v) is 5.26. The van der Waals surface area contributed by atoms with E-state index in [0.717, 1.165) is 50.2 Å². The fourth-order valence-electron chi connectivity index (χ4n) is 3.79. The quantitative estimate of drug-likeness (QED) is 0.663. The predicted molar refractivity (Wildman–Crippen MR) is 120 cm³/mol. The lowest BCUT2D eigenvalue weighted by Gasteiger charge is -2.31. The van der Waals surface area contributed by atoms with Gasteiger partial charge in [-0.25, -0.2) is 14.8 Å². The van der Waals surface area contributed by atoms with Gasteiger partial charge in [0.15, 0.2) is 0 Å². The number of benzene rings is 1. The Balaban J connectivity index is 1.61. The number of aromatic nitrogens is 2. The molecule has 0 unspecified atom stereocenters. The molecule has 168 valence electrons. The summed E-state index contributed by atoms with van der Waals surface area (Å²) < 4.78 is 11.5. The maximum Gasteiger partial charge on any atom is 0.410 e. The minimum atomic E-state index is -0.475. The number of para-hydroxylation sites is 1. The molecule has 0 spiro atoms. The molecule has 1 atom stereocenters. The summed E-state index contributed by atoms with van der Waals surface area (Å²) in [6.45, 7) is 9.29. The van der Waals surface area contributed by atoms with Crippen molar-refractivity contribution in [3.8, 4) is 5.75 Å². The van der Waals surface area contributed by atoms with E-state index in [0.29, 0.717) is 19.2 Å². The van der Waals surface area contributed by atoms with E-state index in [-0.39, 0.29) is 6.09 Å². The van der Waals surface area contributed by atoms with Crippen molar-refractivity contribution >= 4 is 6.09 Å². The third-order valence-electron chi connectivity index (χ3n) is 5.26. The van der Waals surface area contributed by atoms with Crippen molar-refractivity contribution in [3.63, 3.8) is 0 Å². The van der Waals surface area contributed by atoms with Gasteiger partial charge in [0.2, 0.25) is 0 Å². The minimum Gasteiger partial charge on any atom is -0.492 e. The smallest absolute Gasteiger partial charge is 0.410 e. The van der Waals surface area contributed by atoms with Crippen LogP contribution >= 0.6 is 0 Å². The lowest BCUT2D eigenvalue weighted by molar-refractivity contribution is 0.0251. The number of carbonyl (C=O) groups excluding carboxylic acids is 1. The van der Waals surface area contributed by atoms with Gasteiger partial charge in [-0.3, -0.25) is 4.90 Å². The number of likely N-dealkylation sites (tertiary alicyclic amines) is 1. The Bertz CT molecular complexity index is 795. The second-order valence-corrected chi connectivity index (χ2v) is 8.93. The molecule has 0 N–H and O–H groups in total. The highest BCUT2D eigenvalue weighted by molar-refractivity contribution is 5.68. The van der Waals surface area contributed by atoms with E-state index < -0.39 is 5.60 Å². The first-order valence-corrected chi connectivity index (χ1v) is 11.0. The number of hydrogen-bond donors (Lipinski definition) is 0. The zero-order valence-electron chi connectivity index (χ0n) is 18.9. The maximum absolute atomic E-state index is 12.5. The van der Waals surface area contributed by atoms with E-state index in [4.69, 9.17) is 9.47 Å². The molecule has 0 aliphatic carbocycles. The summed E-state index contributed by atoms with van der Waals surface area (Å²) in [5.74, 6) is 0.877. The number of ether oxygens (including phenoxy) is 2. The molecular weight excluding hydrogens is 392 g/mol. The molecule has 7 nitrogen and oxygen atoms in total. The van der Waals surface area contributed by atoms with Gasteiger partial charge in [0.1, 0.15) is 24.3 Å². The second kappa shape index (κ2) is 11.1. The number of carbonyl (C=O) groups is 1. The first kappa shape index (κ1) is 23.0. The standard InChI is InChI=1S/C24H34N4O3/c1-24(2,3)31-23(29)27-12-7-8-21(11-13-27)28(18-20-16-25-19-26-17-20)14-15-30-22-9-5-4-6-10-22/h4-6,9-10,16-17,19,21H,7-8,11-15,18H2,1-3H3/t21-/m1/s1. The van der Waals surface area contributed by atoms with Crippen LogP contribution in [0.2, 0.25) is 0 Å². The van der Waals surface area contributed by atoms with Crippen LogP contribution in [0.25, 0.3) is 0 Å². The molecule has 1 saturated heterocycles. The third kappa shape index (κ3) is 7.83. The summed E-state index contributed by atoms with van der Waals surface area (Å²) in [7, 11) is 0. The van der Waals surface area contributed by atoms with Crippen LogP contribution in [0.3, 0.4) is 0 Å². The fraction of sp³-hybridized carbons (Fsp3) is 0.542. The molecule has 31 heavy (non-hydrogen) atoms. The topological polar surface area (TPSA) is 67.8 Å². The van der Waals surface area contributed by atoms with E-state index >= 15 is 0 Å². The summed E-state index contributed by atoms with van der Waals surface area (Å²) in [5, 5.41) is 0. The van der Waals surface area contributed by atoms with Crippen LogP contribution < -0.4 is 4.74 Å². The molecule has 0 radical (unpaired) electrons. The molecule has 0 bridgehead atoms. The molecule has 1 amide bonds. The van der Waals surface area contributed by atoms with Crippen LogP contribution in [0, 0.1) is 0 Å². The first-order valence-electron chi connectivity index (χ1n) is 11.0. The lowest BCUT2D eigenvalue weighted by atomic mass is 10.1. The van der Waals surface area contributed by atoms with Crippen molar-refractivity contribution in [3.05, 3.63) is 54.6 Å². The van der Waals surface area contributed by atoms with Crippen molar-refractivity contribution < 1.29 is 14.3 Å². The van der Waals surface area contributed by atoms with E-state index in [9.17, 15) is 4.79 Å². The second-order valence-electron chi connectivity index (χ2n) is 8.93. The Labute approximate surface area is 185 Å². The van der Waals surface area contributed by atoms with Crippen LogP contribution in [-0.4, -0.2) is 63.7 Å². The summed E-state index contributed by atoms with van der Waals surface area (Å²) >= 11 is 0. The molecule has 0 saturated carbocycles. The lowest BCUT2D eigenvalue weighted by Crippen LogP contribution is -2.40. The SMILES string of the molecule is CC(C)(C)OC(=O)N1CCC[C@@H](N(CCOc2ccccc2)Cc2cncnc2)CC1. The van der Waals surface area contributed by atoms with Crippen molar-refractivity contribution in [2.45, 2.75) is 58.2 Å². The average Bonchev–Trinajstić information content (AvgIpc) is 3.00. The molecule has 1 aromatic carbocycles. The van der Waals surface area contributed by atoms with E-state index in [1.165, 1.54) is 0 Å². The molecule has 2 heterocycles. The summed E-state index contributed by atoms with van der Waals surface area (Å²) in [4.78, 5) is 25.1. The monoisotopic (exact) mass is 426 g/mol. The van der Waals surface area contributed by atoms with E-state index in [1.54, 1.807) is 6.33 Å². The highest BCUT2D eigenvalue weighted by atomic mass is 16.6. The Morgan fingerprint density at radius 3 is 2.58 bits per heavy atom. The molecule has 7 heteroatoms. The zero-order chi connectivity index (χ0) is 22.1. The number of rotatable bonds is 7. The average molecular weight is 427 g/mol. The Hall–Kier alpha value is -2.67. The normalized spacial score (nSPS) is 17.3. The van der Waals surface area contributed by atoms with Gasteiger partial charge in [-0.2, -0.15) is 0 Å². The predicted octanol–water partition coefficient (Wildman–Crippen LogP) is 4.15. The molecule has 3 rings (SSSR count). The summed E-state index contributed by atoms with van der Waals surface area (Å²) in [5.41, 5.74) is 0.604. The van der Waals surface area contributed by atoms with Gasteiger partial charge in [0.25, 0.3) is 0 Å². The van der Waals surface area contributed by atoms with Crippen LogP contribution in [-0.2, 0) is 11.3 Å². The number of amides is 1. The molecule has 1 aliphatic heterocycles. The molecule has 2 aromatic rings. The van der Waals surface area contributed by atoms with Crippen LogP contribution in [0.5, 0.6) is 5.75 Å². The Morgan fingerprint density at radius 2 is 1.87 bits per heavy atom. The fourth-order valence-corrected chi connectivity index (χ4v) is 3.79. The van der Waals surface area contributed by atoms with Crippen LogP contribution in [0.4, 0.5) is 4.79 Å². The van der Waals surface area contributed by atoms with Gasteiger partial charge in [-0.1, -0.05) is 18.2 Å². The van der Waals surface area contributed by atoms with E-state index in [1.807, 2.05) is 68.4 Å². The van der Waals surface area contributed by atoms with Gasteiger partial charge in [0, 0.05) is 50.2 Å². The molecule has 1 fully saturated rings. The highest BCUT2D eigenvalue weighted by Gasteiger charge is 2.27. The Kier molecular flexibility index (Phi) is 8.23. The number of hydrogen-bond acceptors (Lipinski definition) is 6. The van der Waals surface area contributed by atoms with E-state index in [2.05, 4.69) is 14.9 Å². The van der Waals surface area contributed by atoms with Crippen molar-refractivity contribution in [1.82, 2.24) is 19.8 Å². The maximum atomic E-state index is 12.5. The van der Waals surface area contributed by atoms with Gasteiger partial charge in [-0.15, -0.1) is 0 Å². The largest absolute Gasteiger partial charge is 0.492 e. The summed E-state index contributed by atoms with van der Waals surface area (Å²) in [6.07, 6.45) is 7.94. The van der Waals surface area contributed by atoms with Crippen molar-refractivity contribution in [2.24, 2.45) is 0 Å². The molecule has 1 aliphatic rings. The first-order chi connectivity index (χ1) is 14.9. The van der Waals surface area contributed by atoms with Crippen LogP contribution in [0.15, 0.2) is 49.1 Å². The number of nitrogens with zero attached hydrogens (tertiary/aromatic N) is 4. The Morgan fingerprint density at radius 1 is 1.13 bits per heavy atom. The van der Waals surface area contributed by atoms with Crippen molar-refractivity contribution in [1.29, 1.82) is 0 Å². The zero-order valence-corrected chi connectivity index (χ0v) is 18.9. The van der Waals surface area contributed by atoms with Gasteiger partial charge < -0.3 is 14.4 Å². The molecule has 1 aromatic heterocycles. The molecular formula is C24H34N4O3. The minimum absolute atomic E-state index is 0.219.